The number of rotatable bonds is 3. The molecule has 0 amide bonds. The third-order valence-electron chi connectivity index (χ3n) is 4.13. The van der Waals surface area contributed by atoms with E-state index in [4.69, 9.17) is 11.6 Å². The Morgan fingerprint density at radius 1 is 1.20 bits per heavy atom. The van der Waals surface area contributed by atoms with E-state index < -0.39 is 0 Å². The molecule has 0 aliphatic heterocycles. The topological polar surface area (TPSA) is 12.0 Å². The highest BCUT2D eigenvalue weighted by Gasteiger charge is 2.23. The number of hydrogen-bond acceptors (Lipinski definition) is 2. The van der Waals surface area contributed by atoms with Crippen molar-refractivity contribution < 1.29 is 0 Å². The second-order valence-electron chi connectivity index (χ2n) is 5.78. The van der Waals surface area contributed by atoms with Gasteiger partial charge in [-0.1, -0.05) is 17.7 Å². The summed E-state index contributed by atoms with van der Waals surface area (Å²) in [5, 5.41) is 4.63. The van der Waals surface area contributed by atoms with E-state index in [2.05, 4.69) is 44.3 Å². The predicted octanol–water partition coefficient (Wildman–Crippen LogP) is 4.84. The molecule has 20 heavy (non-hydrogen) atoms. The fourth-order valence-corrected chi connectivity index (χ4v) is 4.45. The molecule has 1 heterocycles. The number of benzene rings is 1. The van der Waals surface area contributed by atoms with Crippen LogP contribution < -0.4 is 5.32 Å². The Bertz CT molecular complexity index is 632. The Morgan fingerprint density at radius 3 is 2.65 bits per heavy atom. The van der Waals surface area contributed by atoms with Gasteiger partial charge in [-0.3, -0.25) is 0 Å². The molecule has 2 aromatic rings. The molecule has 106 valence electrons. The largest absolute Gasteiger partial charge is 0.307 e. The van der Waals surface area contributed by atoms with Crippen LogP contribution in [0.2, 0.25) is 5.02 Å². The van der Waals surface area contributed by atoms with Gasteiger partial charge in [0.15, 0.2) is 0 Å². The van der Waals surface area contributed by atoms with E-state index in [0.29, 0.717) is 12.1 Å². The zero-order valence-electron chi connectivity index (χ0n) is 12.2. The quantitative estimate of drug-likeness (QED) is 0.856. The van der Waals surface area contributed by atoms with Gasteiger partial charge < -0.3 is 5.32 Å². The molecular weight excluding hydrogens is 286 g/mol. The summed E-state index contributed by atoms with van der Waals surface area (Å²) in [5.41, 5.74) is 4.29. The summed E-state index contributed by atoms with van der Waals surface area (Å²) in [6.45, 7) is 6.67. The van der Waals surface area contributed by atoms with Gasteiger partial charge in [0.05, 0.1) is 0 Å². The average Bonchev–Trinajstić information content (AvgIpc) is 2.91. The maximum atomic E-state index is 6.08. The van der Waals surface area contributed by atoms with E-state index in [0.717, 1.165) is 17.9 Å². The Morgan fingerprint density at radius 2 is 1.95 bits per heavy atom. The van der Waals surface area contributed by atoms with Crippen LogP contribution in [0.15, 0.2) is 24.3 Å². The molecular formula is C17H20ClNS. The van der Waals surface area contributed by atoms with Crippen molar-refractivity contribution in [3.8, 4) is 0 Å². The number of halogens is 1. The maximum Gasteiger partial charge on any atom is 0.0408 e. The Kier molecular flexibility index (Phi) is 3.89. The van der Waals surface area contributed by atoms with Crippen LogP contribution in [0.1, 0.15) is 39.4 Å². The first-order chi connectivity index (χ1) is 9.52. The SMILES string of the molecule is Cc1cc(C(C)NC2Cc3ccc(Cl)cc3C2)c(C)s1. The molecule has 0 radical (unpaired) electrons. The van der Waals surface area contributed by atoms with Gasteiger partial charge in [-0.25, -0.2) is 0 Å². The maximum absolute atomic E-state index is 6.08. The van der Waals surface area contributed by atoms with Crippen LogP contribution in [0.5, 0.6) is 0 Å². The zero-order chi connectivity index (χ0) is 14.3. The normalized spacial score (nSPS) is 19.1. The van der Waals surface area contributed by atoms with Gasteiger partial charge in [-0.15, -0.1) is 11.3 Å². The molecule has 1 aliphatic carbocycles. The van der Waals surface area contributed by atoms with Crippen molar-refractivity contribution in [3.63, 3.8) is 0 Å². The molecule has 0 fully saturated rings. The van der Waals surface area contributed by atoms with Crippen LogP contribution in [-0.4, -0.2) is 6.04 Å². The van der Waals surface area contributed by atoms with Crippen molar-refractivity contribution in [1.29, 1.82) is 0 Å². The number of nitrogens with one attached hydrogen (secondary N) is 1. The summed E-state index contributed by atoms with van der Waals surface area (Å²) < 4.78 is 0. The van der Waals surface area contributed by atoms with Gasteiger partial charge in [0.25, 0.3) is 0 Å². The Hall–Kier alpha value is -0.830. The molecule has 1 N–H and O–H groups in total. The van der Waals surface area contributed by atoms with Gasteiger partial charge in [-0.05, 0) is 68.5 Å². The molecule has 0 spiro atoms. The van der Waals surface area contributed by atoms with Gasteiger partial charge in [0.2, 0.25) is 0 Å². The summed E-state index contributed by atoms with van der Waals surface area (Å²) in [4.78, 5) is 2.83. The third-order valence-corrected chi connectivity index (χ3v) is 5.35. The smallest absolute Gasteiger partial charge is 0.0408 e. The highest BCUT2D eigenvalue weighted by molar-refractivity contribution is 7.12. The fraction of sp³-hybridized carbons (Fsp3) is 0.412. The van der Waals surface area contributed by atoms with Crippen molar-refractivity contribution in [2.75, 3.05) is 0 Å². The van der Waals surface area contributed by atoms with Crippen LogP contribution >= 0.6 is 22.9 Å². The van der Waals surface area contributed by atoms with Crippen molar-refractivity contribution >= 4 is 22.9 Å². The summed E-state index contributed by atoms with van der Waals surface area (Å²) in [6.07, 6.45) is 2.20. The Labute approximate surface area is 130 Å². The molecule has 0 saturated carbocycles. The lowest BCUT2D eigenvalue weighted by Crippen LogP contribution is -2.32. The molecule has 2 unspecified atom stereocenters. The van der Waals surface area contributed by atoms with Crippen LogP contribution in [0.25, 0.3) is 0 Å². The van der Waals surface area contributed by atoms with E-state index in [9.17, 15) is 0 Å². The fourth-order valence-electron chi connectivity index (χ4n) is 3.23. The van der Waals surface area contributed by atoms with E-state index in [1.165, 1.54) is 26.4 Å². The minimum Gasteiger partial charge on any atom is -0.307 e. The van der Waals surface area contributed by atoms with Crippen LogP contribution in [0.4, 0.5) is 0 Å². The van der Waals surface area contributed by atoms with Gasteiger partial charge in [0, 0.05) is 26.9 Å². The summed E-state index contributed by atoms with van der Waals surface area (Å²) >= 11 is 7.96. The summed E-state index contributed by atoms with van der Waals surface area (Å²) in [5.74, 6) is 0. The highest BCUT2D eigenvalue weighted by Crippen LogP contribution is 2.29. The summed E-state index contributed by atoms with van der Waals surface area (Å²) in [6, 6.07) is 9.54. The highest BCUT2D eigenvalue weighted by atomic mass is 35.5. The lowest BCUT2D eigenvalue weighted by atomic mass is 10.1. The molecule has 1 nitrogen and oxygen atoms in total. The summed E-state index contributed by atoms with van der Waals surface area (Å²) in [7, 11) is 0. The number of thiophene rings is 1. The average molecular weight is 306 g/mol. The molecule has 3 rings (SSSR count). The Balaban J connectivity index is 1.70. The predicted molar refractivity (Wildman–Crippen MR) is 88.0 cm³/mol. The van der Waals surface area contributed by atoms with Gasteiger partial charge in [-0.2, -0.15) is 0 Å². The van der Waals surface area contributed by atoms with E-state index in [1.54, 1.807) is 0 Å². The monoisotopic (exact) mass is 305 g/mol. The van der Waals surface area contributed by atoms with Crippen LogP contribution in [-0.2, 0) is 12.8 Å². The lowest BCUT2D eigenvalue weighted by Gasteiger charge is -2.19. The van der Waals surface area contributed by atoms with Crippen molar-refractivity contribution in [1.82, 2.24) is 5.32 Å². The standard InChI is InChI=1S/C17H20ClNS/c1-10-6-17(12(3)20-10)11(2)19-16-8-13-4-5-15(18)7-14(13)9-16/h4-7,11,16,19H,8-9H2,1-3H3. The lowest BCUT2D eigenvalue weighted by molar-refractivity contribution is 0.467. The first-order valence-corrected chi connectivity index (χ1v) is 8.32. The van der Waals surface area contributed by atoms with Gasteiger partial charge >= 0.3 is 0 Å². The minimum absolute atomic E-state index is 0.412. The van der Waals surface area contributed by atoms with E-state index >= 15 is 0 Å². The molecule has 3 heteroatoms. The zero-order valence-corrected chi connectivity index (χ0v) is 13.7. The van der Waals surface area contributed by atoms with Gasteiger partial charge in [0.1, 0.15) is 0 Å². The number of fused-ring (bicyclic) bond motifs is 1. The van der Waals surface area contributed by atoms with Crippen molar-refractivity contribution in [2.24, 2.45) is 0 Å². The van der Waals surface area contributed by atoms with E-state index in [1.807, 2.05) is 17.4 Å². The van der Waals surface area contributed by atoms with Crippen molar-refractivity contribution in [2.45, 2.75) is 45.7 Å². The molecule has 1 aromatic carbocycles. The molecule has 2 atom stereocenters. The molecule has 1 aromatic heterocycles. The second-order valence-corrected chi connectivity index (χ2v) is 7.67. The molecule has 0 bridgehead atoms. The minimum atomic E-state index is 0.412. The number of hydrogen-bond donors (Lipinski definition) is 1. The second kappa shape index (κ2) is 5.51. The molecule has 1 aliphatic rings. The molecule has 0 saturated heterocycles. The van der Waals surface area contributed by atoms with E-state index in [-0.39, 0.29) is 0 Å². The van der Waals surface area contributed by atoms with Crippen LogP contribution in [0.3, 0.4) is 0 Å². The number of aryl methyl sites for hydroxylation is 2. The third kappa shape index (κ3) is 2.78. The first kappa shape index (κ1) is 14.1. The first-order valence-electron chi connectivity index (χ1n) is 7.13. The van der Waals surface area contributed by atoms with Crippen LogP contribution in [0, 0.1) is 13.8 Å². The van der Waals surface area contributed by atoms with Crippen molar-refractivity contribution in [3.05, 3.63) is 55.7 Å².